The number of nitrogens with one attached hydrogen (secondary N) is 4. The summed E-state index contributed by atoms with van der Waals surface area (Å²) in [5.41, 5.74) is 0.614. The molecule has 0 aliphatic carbocycles. The molecule has 1 fully saturated rings. The highest BCUT2D eigenvalue weighted by molar-refractivity contribution is 5.89. The van der Waals surface area contributed by atoms with Crippen LogP contribution in [0.25, 0.3) is 0 Å². The number of aromatic amines is 1. The molecule has 0 bridgehead atoms. The van der Waals surface area contributed by atoms with Crippen molar-refractivity contribution in [3.63, 3.8) is 0 Å². The first-order chi connectivity index (χ1) is 9.56. The Bertz CT molecular complexity index is 491. The molecule has 1 aromatic rings. The molecule has 1 aliphatic rings. The van der Waals surface area contributed by atoms with E-state index in [-0.39, 0.29) is 25.4 Å². The third-order valence-corrected chi connectivity index (χ3v) is 2.92. The van der Waals surface area contributed by atoms with E-state index in [2.05, 4.69) is 25.9 Å². The van der Waals surface area contributed by atoms with Gasteiger partial charge >= 0.3 is 5.97 Å². The summed E-state index contributed by atoms with van der Waals surface area (Å²) < 4.78 is 0. The quantitative estimate of drug-likeness (QED) is 0.408. The highest BCUT2D eigenvalue weighted by Gasteiger charge is 2.28. The SMILES string of the molecule is O=C1CNC(C(=O)N[C@@H](Cc2cnc[nH]2)C(=O)O)CN1. The lowest BCUT2D eigenvalue weighted by molar-refractivity contribution is -0.142. The molecule has 9 nitrogen and oxygen atoms in total. The van der Waals surface area contributed by atoms with Crippen LogP contribution in [0.1, 0.15) is 5.69 Å². The van der Waals surface area contributed by atoms with Gasteiger partial charge in [0.15, 0.2) is 0 Å². The molecule has 1 saturated heterocycles. The summed E-state index contributed by atoms with van der Waals surface area (Å²) >= 11 is 0. The number of amides is 2. The number of carboxylic acid groups (broad SMARTS) is 1. The Labute approximate surface area is 114 Å². The summed E-state index contributed by atoms with van der Waals surface area (Å²) in [6, 6.07) is -1.68. The highest BCUT2D eigenvalue weighted by atomic mass is 16.4. The van der Waals surface area contributed by atoms with Gasteiger partial charge in [-0.15, -0.1) is 0 Å². The number of carbonyl (C=O) groups excluding carboxylic acids is 2. The number of H-pyrrole nitrogens is 1. The van der Waals surface area contributed by atoms with E-state index in [4.69, 9.17) is 5.11 Å². The van der Waals surface area contributed by atoms with E-state index in [1.54, 1.807) is 0 Å². The Morgan fingerprint density at radius 1 is 1.55 bits per heavy atom. The van der Waals surface area contributed by atoms with E-state index in [9.17, 15) is 14.4 Å². The van der Waals surface area contributed by atoms with Gasteiger partial charge in [0.2, 0.25) is 11.8 Å². The van der Waals surface area contributed by atoms with Gasteiger partial charge in [0, 0.05) is 24.9 Å². The van der Waals surface area contributed by atoms with Gasteiger partial charge in [-0.1, -0.05) is 0 Å². The lowest BCUT2D eigenvalue weighted by Gasteiger charge is -2.24. The molecule has 0 radical (unpaired) electrons. The van der Waals surface area contributed by atoms with E-state index in [0.29, 0.717) is 5.69 Å². The predicted octanol–water partition coefficient (Wildman–Crippen LogP) is -2.39. The zero-order valence-electron chi connectivity index (χ0n) is 10.5. The van der Waals surface area contributed by atoms with Crippen LogP contribution in [0.5, 0.6) is 0 Å². The normalized spacial score (nSPS) is 20.0. The monoisotopic (exact) mass is 281 g/mol. The van der Waals surface area contributed by atoms with Crippen molar-refractivity contribution in [2.24, 2.45) is 0 Å². The van der Waals surface area contributed by atoms with E-state index in [1.165, 1.54) is 12.5 Å². The zero-order chi connectivity index (χ0) is 14.5. The van der Waals surface area contributed by atoms with Crippen LogP contribution in [0.15, 0.2) is 12.5 Å². The molecule has 1 aliphatic heterocycles. The lowest BCUT2D eigenvalue weighted by atomic mass is 10.1. The van der Waals surface area contributed by atoms with Crippen LogP contribution in [0.4, 0.5) is 0 Å². The molecule has 2 rings (SSSR count). The standard InChI is InChI=1S/C11H15N5O4/c17-9-4-13-8(3-14-9)10(18)16-7(11(19)20)1-6-2-12-5-15-6/h2,5,7-8,13H,1,3-4H2,(H,12,15)(H,14,17)(H,16,18)(H,19,20)/t7-,8?/m0/s1. The second-order valence-electron chi connectivity index (χ2n) is 4.42. The molecule has 2 atom stereocenters. The van der Waals surface area contributed by atoms with E-state index in [1.807, 2.05) is 0 Å². The molecule has 9 heteroatoms. The number of imidazole rings is 1. The van der Waals surface area contributed by atoms with Gasteiger partial charge in [-0.2, -0.15) is 0 Å². The largest absolute Gasteiger partial charge is 0.480 e. The molecule has 5 N–H and O–H groups in total. The van der Waals surface area contributed by atoms with Crippen molar-refractivity contribution >= 4 is 17.8 Å². The predicted molar refractivity (Wildman–Crippen MR) is 66.7 cm³/mol. The van der Waals surface area contributed by atoms with Gasteiger partial charge in [-0.25, -0.2) is 9.78 Å². The second kappa shape index (κ2) is 6.15. The molecule has 2 amide bonds. The summed E-state index contributed by atoms with van der Waals surface area (Å²) in [5.74, 6) is -1.79. The van der Waals surface area contributed by atoms with Crippen molar-refractivity contribution in [1.29, 1.82) is 0 Å². The zero-order valence-corrected chi connectivity index (χ0v) is 10.5. The van der Waals surface area contributed by atoms with Gasteiger partial charge < -0.3 is 20.7 Å². The van der Waals surface area contributed by atoms with Crippen molar-refractivity contribution in [2.75, 3.05) is 13.1 Å². The van der Waals surface area contributed by atoms with Crippen LogP contribution >= 0.6 is 0 Å². The summed E-state index contributed by atoms with van der Waals surface area (Å²) in [6.45, 7) is 0.178. The number of carbonyl (C=O) groups is 3. The second-order valence-corrected chi connectivity index (χ2v) is 4.42. The molecule has 108 valence electrons. The van der Waals surface area contributed by atoms with Crippen LogP contribution in [-0.2, 0) is 20.8 Å². The Kier molecular flexibility index (Phi) is 4.31. The van der Waals surface area contributed by atoms with Crippen LogP contribution in [-0.4, -0.2) is 58.0 Å². The molecular weight excluding hydrogens is 266 g/mol. The summed E-state index contributed by atoms with van der Waals surface area (Å²) in [6.07, 6.45) is 3.05. The maximum atomic E-state index is 11.9. The molecule has 0 saturated carbocycles. The number of piperazine rings is 1. The van der Waals surface area contributed by atoms with Crippen LogP contribution in [0, 0.1) is 0 Å². The van der Waals surface area contributed by atoms with E-state index < -0.39 is 24.0 Å². The summed E-state index contributed by atoms with van der Waals surface area (Å²) in [5, 5.41) is 16.8. The smallest absolute Gasteiger partial charge is 0.326 e. The first-order valence-corrected chi connectivity index (χ1v) is 6.07. The molecular formula is C11H15N5O4. The lowest BCUT2D eigenvalue weighted by Crippen LogP contribution is -2.60. The summed E-state index contributed by atoms with van der Waals surface area (Å²) in [7, 11) is 0. The fraction of sp³-hybridized carbons (Fsp3) is 0.455. The third-order valence-electron chi connectivity index (χ3n) is 2.92. The number of hydrogen-bond donors (Lipinski definition) is 5. The van der Waals surface area contributed by atoms with Gasteiger partial charge in [-0.3, -0.25) is 14.9 Å². The topological polar surface area (TPSA) is 136 Å². The molecule has 1 unspecified atom stereocenters. The molecule has 0 aromatic carbocycles. The Morgan fingerprint density at radius 2 is 2.35 bits per heavy atom. The van der Waals surface area contributed by atoms with Crippen molar-refractivity contribution in [2.45, 2.75) is 18.5 Å². The number of hydrogen-bond acceptors (Lipinski definition) is 5. The minimum atomic E-state index is -1.13. The molecule has 2 heterocycles. The molecule has 20 heavy (non-hydrogen) atoms. The highest BCUT2D eigenvalue weighted by Crippen LogP contribution is 2.00. The minimum absolute atomic E-state index is 0.0381. The Morgan fingerprint density at radius 3 is 2.90 bits per heavy atom. The maximum Gasteiger partial charge on any atom is 0.326 e. The third kappa shape index (κ3) is 3.54. The maximum absolute atomic E-state index is 11.9. The number of nitrogens with zero attached hydrogens (tertiary/aromatic N) is 1. The Balaban J connectivity index is 1.92. The summed E-state index contributed by atoms with van der Waals surface area (Å²) in [4.78, 5) is 40.6. The van der Waals surface area contributed by atoms with Crippen LogP contribution in [0.3, 0.4) is 0 Å². The van der Waals surface area contributed by atoms with Gasteiger partial charge in [0.25, 0.3) is 0 Å². The number of carboxylic acids is 1. The first-order valence-electron chi connectivity index (χ1n) is 6.07. The fourth-order valence-electron chi connectivity index (χ4n) is 1.84. The Hall–Kier alpha value is -2.42. The van der Waals surface area contributed by atoms with Crippen molar-refractivity contribution in [3.8, 4) is 0 Å². The average Bonchev–Trinajstić information content (AvgIpc) is 2.91. The van der Waals surface area contributed by atoms with Crippen LogP contribution < -0.4 is 16.0 Å². The van der Waals surface area contributed by atoms with Gasteiger partial charge in [0.1, 0.15) is 12.1 Å². The van der Waals surface area contributed by atoms with E-state index in [0.717, 1.165) is 0 Å². The first kappa shape index (κ1) is 14.0. The van der Waals surface area contributed by atoms with Gasteiger partial charge in [-0.05, 0) is 0 Å². The number of aliphatic carboxylic acids is 1. The van der Waals surface area contributed by atoms with Crippen LogP contribution in [0.2, 0.25) is 0 Å². The fourth-order valence-corrected chi connectivity index (χ4v) is 1.84. The average molecular weight is 281 g/mol. The van der Waals surface area contributed by atoms with Crippen molar-refractivity contribution < 1.29 is 19.5 Å². The number of aromatic nitrogens is 2. The number of rotatable bonds is 5. The van der Waals surface area contributed by atoms with E-state index >= 15 is 0 Å². The molecule has 0 spiro atoms. The van der Waals surface area contributed by atoms with Crippen molar-refractivity contribution in [1.82, 2.24) is 25.9 Å². The van der Waals surface area contributed by atoms with Gasteiger partial charge in [0.05, 0.1) is 12.9 Å². The van der Waals surface area contributed by atoms with Crippen molar-refractivity contribution in [3.05, 3.63) is 18.2 Å². The minimum Gasteiger partial charge on any atom is -0.480 e. The molecule has 1 aromatic heterocycles.